The van der Waals surface area contributed by atoms with Crippen LogP contribution >= 0.6 is 27.5 Å². The number of ether oxygens (including phenoxy) is 2. The Hall–Kier alpha value is -1.99. The molecule has 8 heteroatoms. The molecule has 0 unspecified atom stereocenters. The van der Waals surface area contributed by atoms with Gasteiger partial charge in [0.25, 0.3) is 0 Å². The van der Waals surface area contributed by atoms with Crippen molar-refractivity contribution in [1.82, 2.24) is 4.57 Å². The molecule has 0 N–H and O–H groups in total. The third-order valence-electron chi connectivity index (χ3n) is 3.66. The summed E-state index contributed by atoms with van der Waals surface area (Å²) in [6, 6.07) is 5.30. The molecule has 0 fully saturated rings. The highest BCUT2D eigenvalue weighted by molar-refractivity contribution is 9.10. The zero-order chi connectivity index (χ0) is 22.0. The predicted octanol–water partition coefficient (Wildman–Crippen LogP) is 6.68. The summed E-state index contributed by atoms with van der Waals surface area (Å²) in [6.45, 7) is 11.1. The number of anilines is 1. The number of rotatable bonds is 3. The van der Waals surface area contributed by atoms with Crippen molar-refractivity contribution in [2.45, 2.75) is 52.7 Å². The summed E-state index contributed by atoms with van der Waals surface area (Å²) in [4.78, 5) is 26.7. The van der Waals surface area contributed by atoms with Gasteiger partial charge in [0, 0.05) is 23.7 Å². The fourth-order valence-corrected chi connectivity index (χ4v) is 3.34. The van der Waals surface area contributed by atoms with Gasteiger partial charge in [-0.25, -0.2) is 9.59 Å². The minimum absolute atomic E-state index is 0.231. The number of hydrogen-bond acceptors (Lipinski definition) is 4. The molecule has 0 radical (unpaired) electrons. The van der Waals surface area contributed by atoms with Crippen LogP contribution in [-0.4, -0.2) is 34.5 Å². The lowest BCUT2D eigenvalue weighted by Crippen LogP contribution is -2.37. The van der Waals surface area contributed by atoms with Crippen LogP contribution in [0.1, 0.15) is 41.5 Å². The molecule has 1 aromatic carbocycles. The zero-order valence-corrected chi connectivity index (χ0v) is 19.8. The smallest absolute Gasteiger partial charge is 0.418 e. The third kappa shape index (κ3) is 6.00. The van der Waals surface area contributed by atoms with E-state index in [4.69, 9.17) is 21.1 Å². The molecular formula is C21H26BrClN2O4. The number of carbonyl (C=O) groups excluding carboxylic acids is 2. The first-order chi connectivity index (χ1) is 13.3. The average Bonchev–Trinajstić information content (AvgIpc) is 2.98. The zero-order valence-electron chi connectivity index (χ0n) is 17.5. The van der Waals surface area contributed by atoms with Crippen molar-refractivity contribution in [1.29, 1.82) is 0 Å². The average molecular weight is 486 g/mol. The minimum atomic E-state index is -0.642. The number of carbonyl (C=O) groups is 2. The van der Waals surface area contributed by atoms with Crippen LogP contribution in [0, 0.1) is 0 Å². The van der Waals surface area contributed by atoms with Gasteiger partial charge in [-0.15, -0.1) is 0 Å². The van der Waals surface area contributed by atoms with Crippen LogP contribution in [0.2, 0.25) is 0 Å². The van der Waals surface area contributed by atoms with Gasteiger partial charge in [-0.2, -0.15) is 0 Å². The molecular weight excluding hydrogens is 460 g/mol. The number of fused-ring (bicyclic) bond motifs is 1. The van der Waals surface area contributed by atoms with Gasteiger partial charge in [-0.1, -0.05) is 17.7 Å². The topological polar surface area (TPSA) is 60.8 Å². The molecule has 0 aliphatic carbocycles. The number of aromatic nitrogens is 1. The van der Waals surface area contributed by atoms with Crippen molar-refractivity contribution >= 4 is 56.3 Å². The predicted molar refractivity (Wildman–Crippen MR) is 120 cm³/mol. The summed E-state index contributed by atoms with van der Waals surface area (Å²) in [5, 5.41) is 0.761. The molecule has 0 bridgehead atoms. The Labute approximate surface area is 184 Å². The van der Waals surface area contributed by atoms with Crippen molar-refractivity contribution in [3.05, 3.63) is 40.5 Å². The van der Waals surface area contributed by atoms with Gasteiger partial charge < -0.3 is 9.47 Å². The maximum absolute atomic E-state index is 12.8. The molecule has 2 aromatic rings. The van der Waals surface area contributed by atoms with E-state index in [0.29, 0.717) is 15.7 Å². The Morgan fingerprint density at radius 1 is 1.10 bits per heavy atom. The molecule has 1 aromatic heterocycles. The van der Waals surface area contributed by atoms with Gasteiger partial charge in [0.15, 0.2) is 0 Å². The fraction of sp³-hybridized carbons (Fsp3) is 0.429. The highest BCUT2D eigenvalue weighted by Gasteiger charge is 2.26. The second-order valence-electron chi connectivity index (χ2n) is 8.45. The number of amides is 1. The lowest BCUT2D eigenvalue weighted by molar-refractivity contribution is 0.0541. The van der Waals surface area contributed by atoms with E-state index in [1.54, 1.807) is 51.2 Å². The molecule has 0 saturated heterocycles. The van der Waals surface area contributed by atoms with Crippen LogP contribution in [0.15, 0.2) is 40.5 Å². The van der Waals surface area contributed by atoms with Crippen molar-refractivity contribution in [3.63, 3.8) is 0 Å². The monoisotopic (exact) mass is 484 g/mol. The maximum atomic E-state index is 12.8. The lowest BCUT2D eigenvalue weighted by Gasteiger charge is -2.27. The van der Waals surface area contributed by atoms with E-state index in [1.165, 1.54) is 15.0 Å². The molecule has 158 valence electrons. The summed E-state index contributed by atoms with van der Waals surface area (Å²) in [7, 11) is 0. The van der Waals surface area contributed by atoms with E-state index in [1.807, 2.05) is 20.8 Å². The van der Waals surface area contributed by atoms with E-state index in [0.717, 1.165) is 5.39 Å². The van der Waals surface area contributed by atoms with E-state index < -0.39 is 23.4 Å². The van der Waals surface area contributed by atoms with E-state index in [2.05, 4.69) is 15.9 Å². The van der Waals surface area contributed by atoms with Gasteiger partial charge >= 0.3 is 12.2 Å². The third-order valence-corrected chi connectivity index (χ3v) is 4.67. The first-order valence-corrected chi connectivity index (χ1v) is 10.4. The van der Waals surface area contributed by atoms with Gasteiger partial charge in [-0.3, -0.25) is 9.47 Å². The molecule has 0 saturated carbocycles. The summed E-state index contributed by atoms with van der Waals surface area (Å²) in [6.07, 6.45) is 2.32. The first kappa shape index (κ1) is 23.3. The molecule has 29 heavy (non-hydrogen) atoms. The molecule has 2 rings (SSSR count). The summed E-state index contributed by atoms with van der Waals surface area (Å²) >= 11 is 9.25. The van der Waals surface area contributed by atoms with E-state index in [9.17, 15) is 9.59 Å². The molecule has 1 heterocycles. The molecule has 0 aliphatic heterocycles. The molecule has 6 nitrogen and oxygen atoms in total. The molecule has 0 atom stereocenters. The fourth-order valence-electron chi connectivity index (χ4n) is 2.58. The summed E-state index contributed by atoms with van der Waals surface area (Å²) < 4.78 is 13.1. The van der Waals surface area contributed by atoms with Gasteiger partial charge in [0.05, 0.1) is 15.7 Å². The van der Waals surface area contributed by atoms with Crippen LogP contribution in [0.25, 0.3) is 10.9 Å². The quantitative estimate of drug-likeness (QED) is 0.486. The second kappa shape index (κ2) is 8.79. The minimum Gasteiger partial charge on any atom is -0.443 e. The van der Waals surface area contributed by atoms with Crippen LogP contribution in [0.4, 0.5) is 15.3 Å². The van der Waals surface area contributed by atoms with E-state index >= 15 is 0 Å². The summed E-state index contributed by atoms with van der Waals surface area (Å²) in [5.41, 5.74) is 1.36. The Bertz CT molecular complexity index is 939. The van der Waals surface area contributed by atoms with Crippen molar-refractivity contribution in [2.75, 3.05) is 11.4 Å². The van der Waals surface area contributed by atoms with Crippen molar-refractivity contribution in [2.24, 2.45) is 0 Å². The van der Waals surface area contributed by atoms with Crippen molar-refractivity contribution in [3.8, 4) is 0 Å². The van der Waals surface area contributed by atoms with Crippen LogP contribution in [0.5, 0.6) is 0 Å². The van der Waals surface area contributed by atoms with Gasteiger partial charge in [-0.05, 0) is 75.7 Å². The second-order valence-corrected chi connectivity index (χ2v) is 9.50. The SMILES string of the molecule is CC(C)(C)OC(=O)N(C/C=C/Cl)c1ccc2c(ccn2C(=O)OC(C)(C)C)c1Br. The Morgan fingerprint density at radius 2 is 1.72 bits per heavy atom. The largest absolute Gasteiger partial charge is 0.443 e. The highest BCUT2D eigenvalue weighted by atomic mass is 79.9. The molecule has 0 spiro atoms. The Morgan fingerprint density at radius 3 is 2.28 bits per heavy atom. The molecule has 0 aliphatic rings. The lowest BCUT2D eigenvalue weighted by atomic mass is 10.2. The Balaban J connectivity index is 2.48. The Kier molecular flexibility index (Phi) is 7.06. The standard InChI is InChI=1S/C21H26BrClN2O4/c1-20(2,3)28-18(26)24(12-7-11-23)16-9-8-15-14(17(16)22)10-13-25(15)19(27)29-21(4,5)6/h7-11,13H,12H2,1-6H3/b11-7+. The number of nitrogens with zero attached hydrogens (tertiary/aromatic N) is 2. The van der Waals surface area contributed by atoms with Crippen molar-refractivity contribution < 1.29 is 19.1 Å². The van der Waals surface area contributed by atoms with Crippen LogP contribution < -0.4 is 4.90 Å². The number of halogens is 2. The summed E-state index contributed by atoms with van der Waals surface area (Å²) in [5.74, 6) is 0. The number of benzene rings is 1. The maximum Gasteiger partial charge on any atom is 0.418 e. The normalized spacial score (nSPS) is 12.4. The highest BCUT2D eigenvalue weighted by Crippen LogP contribution is 2.35. The van der Waals surface area contributed by atoms with Crippen LogP contribution in [0.3, 0.4) is 0 Å². The first-order valence-electron chi connectivity index (χ1n) is 9.13. The van der Waals surface area contributed by atoms with Crippen LogP contribution in [-0.2, 0) is 9.47 Å². The number of hydrogen-bond donors (Lipinski definition) is 0. The van der Waals surface area contributed by atoms with Gasteiger partial charge in [0.1, 0.15) is 11.2 Å². The van der Waals surface area contributed by atoms with Gasteiger partial charge in [0.2, 0.25) is 0 Å². The van der Waals surface area contributed by atoms with E-state index in [-0.39, 0.29) is 6.54 Å². The molecule has 1 amide bonds.